The molecule has 0 spiro atoms. The van der Waals surface area contributed by atoms with E-state index >= 15 is 0 Å². The van der Waals surface area contributed by atoms with Crippen LogP contribution in [0.3, 0.4) is 0 Å². The molecule has 6 nitrogen and oxygen atoms in total. The van der Waals surface area contributed by atoms with Crippen molar-refractivity contribution in [3.05, 3.63) is 53.7 Å². The third kappa shape index (κ3) is 3.84. The Bertz CT molecular complexity index is 661. The number of anilines is 1. The summed E-state index contributed by atoms with van der Waals surface area (Å²) in [5.41, 5.74) is 6.92. The van der Waals surface area contributed by atoms with Crippen LogP contribution in [-0.4, -0.2) is 35.2 Å². The number of benzene rings is 1. The lowest BCUT2D eigenvalue weighted by Crippen LogP contribution is -2.38. The molecule has 1 saturated heterocycles. The normalized spacial score (nSPS) is 17.4. The third-order valence-corrected chi connectivity index (χ3v) is 4.15. The highest BCUT2D eigenvalue weighted by atomic mass is 16.1. The van der Waals surface area contributed by atoms with Gasteiger partial charge in [-0.3, -0.25) is 4.79 Å². The van der Waals surface area contributed by atoms with Crippen molar-refractivity contribution in [3.8, 4) is 0 Å². The predicted molar refractivity (Wildman–Crippen MR) is 89.1 cm³/mol. The van der Waals surface area contributed by atoms with Gasteiger partial charge in [-0.15, -0.1) is 5.10 Å². The van der Waals surface area contributed by atoms with Gasteiger partial charge in [-0.05, 0) is 42.7 Å². The molecule has 1 aromatic carbocycles. The molecule has 6 heteroatoms. The molecule has 0 bridgehead atoms. The van der Waals surface area contributed by atoms with Crippen molar-refractivity contribution in [3.63, 3.8) is 0 Å². The second-order valence-electron chi connectivity index (χ2n) is 5.77. The van der Waals surface area contributed by atoms with Crippen LogP contribution < -0.4 is 16.0 Å². The molecule has 1 atom stereocenters. The van der Waals surface area contributed by atoms with Gasteiger partial charge in [0.1, 0.15) is 0 Å². The molecule has 1 aliphatic heterocycles. The van der Waals surface area contributed by atoms with E-state index in [4.69, 9.17) is 5.73 Å². The van der Waals surface area contributed by atoms with Gasteiger partial charge < -0.3 is 16.0 Å². The number of primary amides is 1. The number of rotatable bonds is 6. The van der Waals surface area contributed by atoms with Crippen LogP contribution in [0.2, 0.25) is 0 Å². The van der Waals surface area contributed by atoms with E-state index in [1.807, 2.05) is 30.3 Å². The summed E-state index contributed by atoms with van der Waals surface area (Å²) >= 11 is 0. The molecule has 1 fully saturated rings. The van der Waals surface area contributed by atoms with Gasteiger partial charge in [0.05, 0.1) is 0 Å². The summed E-state index contributed by atoms with van der Waals surface area (Å²) in [6, 6.07) is 11.8. The second-order valence-corrected chi connectivity index (χ2v) is 5.77. The second kappa shape index (κ2) is 7.19. The molecule has 1 amide bonds. The Kier molecular flexibility index (Phi) is 4.83. The first kappa shape index (κ1) is 15.4. The summed E-state index contributed by atoms with van der Waals surface area (Å²) in [6.45, 7) is 2.60. The zero-order valence-corrected chi connectivity index (χ0v) is 13.0. The molecule has 1 aliphatic rings. The van der Waals surface area contributed by atoms with Crippen molar-refractivity contribution in [1.82, 2.24) is 15.5 Å². The molecule has 0 aliphatic carbocycles. The van der Waals surface area contributed by atoms with Crippen LogP contribution >= 0.6 is 0 Å². The zero-order valence-electron chi connectivity index (χ0n) is 13.0. The van der Waals surface area contributed by atoms with Crippen LogP contribution in [0, 0.1) is 0 Å². The summed E-state index contributed by atoms with van der Waals surface area (Å²) in [7, 11) is 0. The predicted octanol–water partition coefficient (Wildman–Crippen LogP) is 1.33. The monoisotopic (exact) mass is 311 g/mol. The van der Waals surface area contributed by atoms with Crippen molar-refractivity contribution < 1.29 is 4.79 Å². The number of aromatic nitrogens is 2. The van der Waals surface area contributed by atoms with E-state index in [0.29, 0.717) is 18.2 Å². The van der Waals surface area contributed by atoms with Gasteiger partial charge in [0.15, 0.2) is 5.82 Å². The van der Waals surface area contributed by atoms with Crippen LogP contribution in [0.1, 0.15) is 28.8 Å². The van der Waals surface area contributed by atoms with E-state index in [9.17, 15) is 4.79 Å². The molecule has 0 unspecified atom stereocenters. The fourth-order valence-corrected chi connectivity index (χ4v) is 3.01. The number of nitrogens with zero attached hydrogens (tertiary/aromatic N) is 3. The minimum Gasteiger partial charge on any atom is -0.366 e. The molecule has 2 aromatic rings. The van der Waals surface area contributed by atoms with Crippen molar-refractivity contribution in [2.75, 3.05) is 18.0 Å². The molecule has 3 rings (SSSR count). The lowest BCUT2D eigenvalue weighted by molar-refractivity contribution is 0.1000. The van der Waals surface area contributed by atoms with Crippen LogP contribution in [0.15, 0.2) is 42.6 Å². The highest BCUT2D eigenvalue weighted by Gasteiger charge is 2.25. The lowest BCUT2D eigenvalue weighted by Gasteiger charge is -2.25. The van der Waals surface area contributed by atoms with Gasteiger partial charge >= 0.3 is 0 Å². The Hall–Kier alpha value is -2.47. The Balaban J connectivity index is 1.56. The molecular weight excluding hydrogens is 290 g/mol. The van der Waals surface area contributed by atoms with Gasteiger partial charge in [-0.2, -0.15) is 5.10 Å². The van der Waals surface area contributed by atoms with Crippen LogP contribution in [0.4, 0.5) is 5.82 Å². The lowest BCUT2D eigenvalue weighted by atomic mass is 10.1. The minimum atomic E-state index is -0.392. The number of nitrogens with two attached hydrogens (primary N) is 1. The Morgan fingerprint density at radius 2 is 2.26 bits per heavy atom. The number of carbonyl (C=O) groups is 1. The molecule has 0 saturated carbocycles. The summed E-state index contributed by atoms with van der Waals surface area (Å²) in [5.74, 6) is 0.545. The fourth-order valence-electron chi connectivity index (χ4n) is 3.01. The molecular formula is C17H21N5O. The molecule has 120 valence electrons. The van der Waals surface area contributed by atoms with E-state index in [1.165, 1.54) is 6.42 Å². The highest BCUT2D eigenvalue weighted by molar-refractivity contribution is 5.92. The molecule has 23 heavy (non-hydrogen) atoms. The van der Waals surface area contributed by atoms with Crippen LogP contribution in [0.25, 0.3) is 0 Å². The maximum atomic E-state index is 11.2. The molecule has 2 heterocycles. The molecule has 0 radical (unpaired) electrons. The van der Waals surface area contributed by atoms with Gasteiger partial charge in [0, 0.05) is 37.4 Å². The minimum absolute atomic E-state index is 0.392. The van der Waals surface area contributed by atoms with E-state index < -0.39 is 5.91 Å². The van der Waals surface area contributed by atoms with Crippen molar-refractivity contribution in [2.24, 2.45) is 5.73 Å². The van der Waals surface area contributed by atoms with Crippen LogP contribution in [0.5, 0.6) is 0 Å². The zero-order chi connectivity index (χ0) is 16.1. The van der Waals surface area contributed by atoms with E-state index in [0.717, 1.165) is 30.9 Å². The third-order valence-electron chi connectivity index (χ3n) is 4.15. The van der Waals surface area contributed by atoms with E-state index in [1.54, 1.807) is 12.3 Å². The maximum Gasteiger partial charge on any atom is 0.248 e. The van der Waals surface area contributed by atoms with E-state index in [2.05, 4.69) is 20.4 Å². The summed E-state index contributed by atoms with van der Waals surface area (Å²) in [6.07, 6.45) is 4.00. The fraction of sp³-hybridized carbons (Fsp3) is 0.353. The first-order chi connectivity index (χ1) is 11.2. The van der Waals surface area contributed by atoms with Crippen molar-refractivity contribution >= 4 is 11.7 Å². The maximum absolute atomic E-state index is 11.2. The SMILES string of the molecule is NC(=O)c1cccc(CNC[C@@H]2CCCN2c2cccnn2)c1. The average molecular weight is 311 g/mol. The summed E-state index contributed by atoms with van der Waals surface area (Å²) in [4.78, 5) is 13.5. The van der Waals surface area contributed by atoms with Gasteiger partial charge in [-0.1, -0.05) is 12.1 Å². The summed E-state index contributed by atoms with van der Waals surface area (Å²) in [5, 5.41) is 11.6. The number of carbonyl (C=O) groups excluding carboxylic acids is 1. The van der Waals surface area contributed by atoms with Gasteiger partial charge in [0.25, 0.3) is 0 Å². The summed E-state index contributed by atoms with van der Waals surface area (Å²) < 4.78 is 0. The first-order valence-corrected chi connectivity index (χ1v) is 7.88. The quantitative estimate of drug-likeness (QED) is 0.841. The van der Waals surface area contributed by atoms with Gasteiger partial charge in [0.2, 0.25) is 5.91 Å². The van der Waals surface area contributed by atoms with Crippen molar-refractivity contribution in [1.29, 1.82) is 0 Å². The van der Waals surface area contributed by atoms with Gasteiger partial charge in [-0.25, -0.2) is 0 Å². The standard InChI is InChI=1S/C17H21N5O/c18-17(23)14-5-1-4-13(10-14)11-19-12-15-6-3-9-22(15)16-7-2-8-20-21-16/h1-2,4-5,7-8,10,15,19H,3,6,9,11-12H2,(H2,18,23)/t15-/m0/s1. The Morgan fingerprint density at radius 1 is 1.35 bits per heavy atom. The number of hydrogen-bond donors (Lipinski definition) is 2. The Labute approximate surface area is 135 Å². The Morgan fingerprint density at radius 3 is 3.04 bits per heavy atom. The van der Waals surface area contributed by atoms with Crippen molar-refractivity contribution in [2.45, 2.75) is 25.4 Å². The van der Waals surface area contributed by atoms with Crippen LogP contribution in [-0.2, 0) is 6.54 Å². The molecule has 1 aromatic heterocycles. The first-order valence-electron chi connectivity index (χ1n) is 7.88. The largest absolute Gasteiger partial charge is 0.366 e. The topological polar surface area (TPSA) is 84.1 Å². The number of nitrogens with one attached hydrogen (secondary N) is 1. The number of amides is 1. The smallest absolute Gasteiger partial charge is 0.248 e. The average Bonchev–Trinajstić information content (AvgIpc) is 3.04. The highest BCUT2D eigenvalue weighted by Crippen LogP contribution is 2.22. The molecule has 3 N–H and O–H groups in total. The number of hydrogen-bond acceptors (Lipinski definition) is 5. The van der Waals surface area contributed by atoms with E-state index in [-0.39, 0.29) is 0 Å².